The molecule has 0 radical (unpaired) electrons. The lowest BCUT2D eigenvalue weighted by molar-refractivity contribution is 0.422. The molecule has 0 fully saturated rings. The lowest BCUT2D eigenvalue weighted by Gasteiger charge is -2.07. The van der Waals surface area contributed by atoms with Crippen molar-refractivity contribution < 1.29 is 12.9 Å². The van der Waals surface area contributed by atoms with Gasteiger partial charge in [-0.2, -0.15) is 0 Å². The van der Waals surface area contributed by atoms with Crippen molar-refractivity contribution in [2.75, 3.05) is 0 Å². The Hall–Kier alpha value is -1.66. The second-order valence-electron chi connectivity index (χ2n) is 3.38. The molecule has 16 heavy (non-hydrogen) atoms. The van der Waals surface area contributed by atoms with E-state index in [4.69, 9.17) is 9.66 Å². The van der Waals surface area contributed by atoms with Crippen LogP contribution < -0.4 is 5.14 Å². The highest BCUT2D eigenvalue weighted by molar-refractivity contribution is 7.89. The first-order chi connectivity index (χ1) is 7.50. The van der Waals surface area contributed by atoms with Crippen LogP contribution in [0.3, 0.4) is 0 Å². The Bertz CT molecular complexity index is 603. The van der Waals surface area contributed by atoms with Gasteiger partial charge in [-0.05, 0) is 18.6 Å². The van der Waals surface area contributed by atoms with E-state index in [-0.39, 0.29) is 4.90 Å². The molecule has 1 aromatic carbocycles. The van der Waals surface area contributed by atoms with Crippen molar-refractivity contribution in [3.05, 3.63) is 36.1 Å². The van der Waals surface area contributed by atoms with Gasteiger partial charge in [0.2, 0.25) is 10.0 Å². The third kappa shape index (κ3) is 1.84. The Balaban J connectivity index is 2.78. The van der Waals surface area contributed by atoms with Gasteiger partial charge in [0.05, 0.1) is 4.90 Å². The molecule has 0 saturated carbocycles. The van der Waals surface area contributed by atoms with E-state index in [1.807, 2.05) is 0 Å². The monoisotopic (exact) mass is 238 g/mol. The van der Waals surface area contributed by atoms with Crippen LogP contribution in [0.15, 0.2) is 39.9 Å². The number of benzene rings is 1. The summed E-state index contributed by atoms with van der Waals surface area (Å²) in [6.07, 6.45) is 1.38. The lowest BCUT2D eigenvalue weighted by Crippen LogP contribution is -2.14. The third-order valence-electron chi connectivity index (χ3n) is 2.24. The maximum atomic E-state index is 11.4. The Morgan fingerprint density at radius 3 is 2.62 bits per heavy atom. The lowest BCUT2D eigenvalue weighted by atomic mass is 10.1. The van der Waals surface area contributed by atoms with Crippen molar-refractivity contribution in [1.29, 1.82) is 0 Å². The molecular weight excluding hydrogens is 228 g/mol. The summed E-state index contributed by atoms with van der Waals surface area (Å²) < 4.78 is 27.5. The fourth-order valence-electron chi connectivity index (χ4n) is 1.55. The second-order valence-corrected chi connectivity index (χ2v) is 4.91. The summed E-state index contributed by atoms with van der Waals surface area (Å²) in [5, 5.41) is 8.87. The molecule has 5 nitrogen and oxygen atoms in total. The van der Waals surface area contributed by atoms with Crippen LogP contribution in [0.25, 0.3) is 11.3 Å². The van der Waals surface area contributed by atoms with Crippen LogP contribution in [0, 0.1) is 6.92 Å². The van der Waals surface area contributed by atoms with Gasteiger partial charge < -0.3 is 4.52 Å². The topological polar surface area (TPSA) is 86.2 Å². The Morgan fingerprint density at radius 2 is 2.06 bits per heavy atom. The molecule has 0 atom stereocenters. The van der Waals surface area contributed by atoms with Crippen molar-refractivity contribution in [3.63, 3.8) is 0 Å². The Morgan fingerprint density at radius 1 is 1.31 bits per heavy atom. The summed E-state index contributed by atoms with van der Waals surface area (Å²) in [6, 6.07) is 6.47. The molecule has 0 amide bonds. The van der Waals surface area contributed by atoms with E-state index in [0.717, 1.165) is 5.56 Å². The molecule has 0 aliphatic heterocycles. The predicted molar refractivity (Wildman–Crippen MR) is 58.0 cm³/mol. The summed E-state index contributed by atoms with van der Waals surface area (Å²) in [7, 11) is -3.76. The van der Waals surface area contributed by atoms with Gasteiger partial charge in [-0.25, -0.2) is 13.6 Å². The maximum Gasteiger partial charge on any atom is 0.238 e. The summed E-state index contributed by atoms with van der Waals surface area (Å²) >= 11 is 0. The molecule has 0 aliphatic carbocycles. The zero-order valence-corrected chi connectivity index (χ0v) is 9.36. The molecule has 0 spiro atoms. The highest BCUT2D eigenvalue weighted by atomic mass is 32.2. The molecule has 2 N–H and O–H groups in total. The molecule has 2 aromatic rings. The van der Waals surface area contributed by atoms with E-state index < -0.39 is 10.0 Å². The highest BCUT2D eigenvalue weighted by Gasteiger charge is 2.18. The molecular formula is C10H10N2O3S. The first kappa shape index (κ1) is 10.8. The predicted octanol–water partition coefficient (Wildman–Crippen LogP) is 1.30. The summed E-state index contributed by atoms with van der Waals surface area (Å²) in [4.78, 5) is 0.0569. The van der Waals surface area contributed by atoms with Crippen LogP contribution in [-0.4, -0.2) is 13.6 Å². The zero-order valence-electron chi connectivity index (χ0n) is 8.54. The molecule has 2 rings (SSSR count). The van der Waals surface area contributed by atoms with Gasteiger partial charge in [-0.3, -0.25) is 0 Å². The van der Waals surface area contributed by atoms with Crippen LogP contribution in [0.2, 0.25) is 0 Å². The number of aromatic nitrogens is 1. The van der Waals surface area contributed by atoms with Crippen molar-refractivity contribution in [1.82, 2.24) is 5.16 Å². The molecule has 6 heteroatoms. The van der Waals surface area contributed by atoms with Gasteiger partial charge in [0.1, 0.15) is 12.0 Å². The summed E-state index contributed by atoms with van der Waals surface area (Å²) in [5.41, 5.74) is 1.72. The highest BCUT2D eigenvalue weighted by Crippen LogP contribution is 2.28. The van der Waals surface area contributed by atoms with Crippen molar-refractivity contribution in [2.45, 2.75) is 11.8 Å². The number of hydrogen-bond acceptors (Lipinski definition) is 4. The number of nitrogens with two attached hydrogens (primary N) is 1. The molecule has 0 bridgehead atoms. The average molecular weight is 238 g/mol. The molecule has 0 aliphatic rings. The minimum Gasteiger partial charge on any atom is -0.364 e. The number of hydrogen-bond donors (Lipinski definition) is 1. The van der Waals surface area contributed by atoms with Gasteiger partial charge in [0.25, 0.3) is 0 Å². The van der Waals surface area contributed by atoms with Gasteiger partial charge in [0, 0.05) is 11.6 Å². The van der Waals surface area contributed by atoms with Gasteiger partial charge >= 0.3 is 0 Å². The smallest absolute Gasteiger partial charge is 0.238 e. The fourth-order valence-corrected chi connectivity index (χ4v) is 2.37. The number of aryl methyl sites for hydroxylation is 1. The first-order valence-corrected chi connectivity index (χ1v) is 6.08. The van der Waals surface area contributed by atoms with Crippen LogP contribution in [0.5, 0.6) is 0 Å². The minimum absolute atomic E-state index is 0.0569. The standard InChI is InChI=1S/C10H10N2O3S/c1-7-3-2-4-9(16(11,13)14)10(7)8-5-6-15-12-8/h2-6H,1H3,(H2,11,13,14). The van der Waals surface area contributed by atoms with E-state index in [0.29, 0.717) is 11.3 Å². The molecule has 84 valence electrons. The Labute approximate surface area is 92.9 Å². The number of nitrogens with zero attached hydrogens (tertiary/aromatic N) is 1. The number of rotatable bonds is 2. The quantitative estimate of drug-likeness (QED) is 0.854. The van der Waals surface area contributed by atoms with Crippen LogP contribution >= 0.6 is 0 Å². The number of primary sulfonamides is 1. The third-order valence-corrected chi connectivity index (χ3v) is 3.19. The second kappa shape index (κ2) is 3.73. The summed E-state index contributed by atoms with van der Waals surface area (Å²) in [6.45, 7) is 1.79. The van der Waals surface area contributed by atoms with E-state index in [2.05, 4.69) is 5.16 Å². The van der Waals surface area contributed by atoms with E-state index in [9.17, 15) is 8.42 Å². The molecule has 1 heterocycles. The van der Waals surface area contributed by atoms with E-state index in [1.165, 1.54) is 12.3 Å². The van der Waals surface area contributed by atoms with Gasteiger partial charge in [0.15, 0.2) is 0 Å². The largest absolute Gasteiger partial charge is 0.364 e. The van der Waals surface area contributed by atoms with Crippen LogP contribution in [-0.2, 0) is 10.0 Å². The summed E-state index contributed by atoms with van der Waals surface area (Å²) in [5.74, 6) is 0. The fraction of sp³-hybridized carbons (Fsp3) is 0.100. The SMILES string of the molecule is Cc1cccc(S(N)(=O)=O)c1-c1ccon1. The van der Waals surface area contributed by atoms with Crippen LogP contribution in [0.4, 0.5) is 0 Å². The molecule has 0 saturated heterocycles. The normalized spacial score (nSPS) is 11.6. The minimum atomic E-state index is -3.76. The average Bonchev–Trinajstić information content (AvgIpc) is 2.68. The van der Waals surface area contributed by atoms with Crippen molar-refractivity contribution in [3.8, 4) is 11.3 Å². The molecule has 0 unspecified atom stereocenters. The van der Waals surface area contributed by atoms with Crippen molar-refractivity contribution in [2.24, 2.45) is 5.14 Å². The Kier molecular flexibility index (Phi) is 2.53. The maximum absolute atomic E-state index is 11.4. The van der Waals surface area contributed by atoms with Crippen molar-refractivity contribution >= 4 is 10.0 Å². The first-order valence-electron chi connectivity index (χ1n) is 4.53. The number of sulfonamides is 1. The van der Waals surface area contributed by atoms with Gasteiger partial charge in [-0.1, -0.05) is 17.3 Å². The van der Waals surface area contributed by atoms with Gasteiger partial charge in [-0.15, -0.1) is 0 Å². The zero-order chi connectivity index (χ0) is 11.8. The van der Waals surface area contributed by atoms with E-state index >= 15 is 0 Å². The molecule has 1 aromatic heterocycles. The van der Waals surface area contributed by atoms with Crippen LogP contribution in [0.1, 0.15) is 5.56 Å². The van der Waals surface area contributed by atoms with E-state index in [1.54, 1.807) is 25.1 Å².